The largest absolute Gasteiger partial charge is 0.530 e. The van der Waals surface area contributed by atoms with Crippen LogP contribution in [-0.2, 0) is 26.5 Å². The number of aryl methyl sites for hydroxylation is 2. The van der Waals surface area contributed by atoms with Crippen molar-refractivity contribution >= 4 is 7.82 Å². The van der Waals surface area contributed by atoms with Crippen molar-refractivity contribution in [3.05, 3.63) is 65.7 Å². The van der Waals surface area contributed by atoms with E-state index in [0.717, 1.165) is 12.8 Å². The van der Waals surface area contributed by atoms with E-state index in [1.807, 2.05) is 6.07 Å². The molecule has 5 nitrogen and oxygen atoms in total. The lowest BCUT2D eigenvalue weighted by Crippen LogP contribution is -2.51. The predicted molar refractivity (Wildman–Crippen MR) is 125 cm³/mol. The van der Waals surface area contributed by atoms with E-state index in [4.69, 9.17) is 19.3 Å². The van der Waals surface area contributed by atoms with E-state index in [1.165, 1.54) is 49.7 Å². The SMILES string of the molecule is CCCCCCCCc1ccc(CCC2(N)COP(=O)(Oc3ccccc3)OC2)cc1. The van der Waals surface area contributed by atoms with Crippen LogP contribution < -0.4 is 10.3 Å². The summed E-state index contributed by atoms with van der Waals surface area (Å²) in [5.74, 6) is 0.455. The third-order valence-corrected chi connectivity index (χ3v) is 7.06. The molecule has 170 valence electrons. The maximum absolute atomic E-state index is 12.6. The van der Waals surface area contributed by atoms with Gasteiger partial charge in [-0.3, -0.25) is 9.05 Å². The Morgan fingerprint density at radius 2 is 1.45 bits per heavy atom. The highest BCUT2D eigenvalue weighted by Crippen LogP contribution is 2.53. The Kier molecular flexibility index (Phi) is 9.15. The van der Waals surface area contributed by atoms with Gasteiger partial charge in [0.15, 0.2) is 0 Å². The van der Waals surface area contributed by atoms with Gasteiger partial charge in [0.25, 0.3) is 0 Å². The van der Waals surface area contributed by atoms with E-state index in [0.29, 0.717) is 12.2 Å². The highest BCUT2D eigenvalue weighted by atomic mass is 31.2. The lowest BCUT2D eigenvalue weighted by atomic mass is 9.93. The Bertz CT molecular complexity index is 813. The minimum absolute atomic E-state index is 0.146. The van der Waals surface area contributed by atoms with Gasteiger partial charge in [0.2, 0.25) is 0 Å². The van der Waals surface area contributed by atoms with Gasteiger partial charge < -0.3 is 10.3 Å². The molecule has 2 N–H and O–H groups in total. The van der Waals surface area contributed by atoms with Crippen LogP contribution in [0.5, 0.6) is 5.75 Å². The van der Waals surface area contributed by atoms with Gasteiger partial charge in [0.1, 0.15) is 5.75 Å². The fourth-order valence-corrected chi connectivity index (χ4v) is 5.07. The quantitative estimate of drug-likeness (QED) is 0.300. The number of para-hydroxylation sites is 1. The van der Waals surface area contributed by atoms with E-state index in [-0.39, 0.29) is 13.2 Å². The number of benzene rings is 2. The summed E-state index contributed by atoms with van der Waals surface area (Å²) in [4.78, 5) is 0. The molecule has 6 heteroatoms. The van der Waals surface area contributed by atoms with Crippen LogP contribution in [0.3, 0.4) is 0 Å². The van der Waals surface area contributed by atoms with Crippen molar-refractivity contribution < 1.29 is 18.1 Å². The van der Waals surface area contributed by atoms with Gasteiger partial charge in [-0.2, -0.15) is 0 Å². The number of phosphoric ester groups is 1. The van der Waals surface area contributed by atoms with Gasteiger partial charge >= 0.3 is 7.82 Å². The van der Waals surface area contributed by atoms with Gasteiger partial charge in [-0.05, 0) is 48.9 Å². The van der Waals surface area contributed by atoms with Crippen LogP contribution in [0.1, 0.15) is 63.0 Å². The zero-order valence-electron chi connectivity index (χ0n) is 18.6. The zero-order valence-corrected chi connectivity index (χ0v) is 19.5. The average Bonchev–Trinajstić information content (AvgIpc) is 2.79. The molecule has 0 aromatic heterocycles. The molecule has 0 unspecified atom stereocenters. The Morgan fingerprint density at radius 1 is 0.871 bits per heavy atom. The molecule has 0 bridgehead atoms. The maximum atomic E-state index is 12.6. The van der Waals surface area contributed by atoms with Crippen molar-refractivity contribution in [1.29, 1.82) is 0 Å². The summed E-state index contributed by atoms with van der Waals surface area (Å²) < 4.78 is 29.0. The monoisotopic (exact) mass is 445 g/mol. The Morgan fingerprint density at radius 3 is 2.10 bits per heavy atom. The van der Waals surface area contributed by atoms with Gasteiger partial charge in [-0.15, -0.1) is 0 Å². The molecule has 0 saturated carbocycles. The number of hydrogen-bond acceptors (Lipinski definition) is 5. The number of nitrogens with two attached hydrogens (primary N) is 1. The molecule has 1 heterocycles. The second-order valence-corrected chi connectivity index (χ2v) is 10.2. The lowest BCUT2D eigenvalue weighted by molar-refractivity contribution is 0.0409. The number of phosphoric acid groups is 1. The van der Waals surface area contributed by atoms with Gasteiger partial charge in [0.05, 0.1) is 18.8 Å². The first-order valence-electron chi connectivity index (χ1n) is 11.5. The van der Waals surface area contributed by atoms with E-state index >= 15 is 0 Å². The second kappa shape index (κ2) is 11.8. The van der Waals surface area contributed by atoms with Gasteiger partial charge in [-0.25, -0.2) is 4.57 Å². The second-order valence-electron chi connectivity index (χ2n) is 8.60. The Hall–Kier alpha value is -1.65. The van der Waals surface area contributed by atoms with E-state index in [9.17, 15) is 4.57 Å². The first-order chi connectivity index (χ1) is 15.0. The van der Waals surface area contributed by atoms with E-state index < -0.39 is 13.4 Å². The fraction of sp³-hybridized carbons (Fsp3) is 0.520. The predicted octanol–water partition coefficient (Wildman–Crippen LogP) is 6.45. The number of rotatable bonds is 12. The topological polar surface area (TPSA) is 70.8 Å². The summed E-state index contributed by atoms with van der Waals surface area (Å²) in [5.41, 5.74) is 8.40. The molecule has 2 aromatic rings. The third kappa shape index (κ3) is 8.08. The van der Waals surface area contributed by atoms with E-state index in [2.05, 4.69) is 31.2 Å². The molecule has 0 radical (unpaired) electrons. The van der Waals surface area contributed by atoms with Gasteiger partial charge in [0, 0.05) is 0 Å². The zero-order chi connectivity index (χ0) is 22.0. The first kappa shape index (κ1) is 24.0. The third-order valence-electron chi connectivity index (χ3n) is 5.73. The fourth-order valence-electron chi connectivity index (χ4n) is 3.68. The van der Waals surface area contributed by atoms with Gasteiger partial charge in [-0.1, -0.05) is 81.5 Å². The minimum Gasteiger partial charge on any atom is -0.404 e. The smallest absolute Gasteiger partial charge is 0.404 e. The summed E-state index contributed by atoms with van der Waals surface area (Å²) in [6.07, 6.45) is 10.6. The Balaban J connectivity index is 1.39. The van der Waals surface area contributed by atoms with Crippen LogP contribution in [-0.4, -0.2) is 18.8 Å². The van der Waals surface area contributed by atoms with E-state index in [1.54, 1.807) is 24.3 Å². The van der Waals surface area contributed by atoms with Crippen molar-refractivity contribution in [3.8, 4) is 5.75 Å². The molecule has 1 aliphatic rings. The average molecular weight is 446 g/mol. The number of hydrogen-bond donors (Lipinski definition) is 1. The molecule has 0 atom stereocenters. The molecule has 1 fully saturated rings. The van der Waals surface area contributed by atoms with Crippen molar-refractivity contribution in [2.24, 2.45) is 5.73 Å². The van der Waals surface area contributed by atoms with Crippen LogP contribution in [0, 0.1) is 0 Å². The molecule has 0 aliphatic carbocycles. The molecule has 0 amide bonds. The summed E-state index contributed by atoms with van der Waals surface area (Å²) in [7, 11) is -3.62. The lowest BCUT2D eigenvalue weighted by Gasteiger charge is -2.35. The molecule has 2 aromatic carbocycles. The standard InChI is InChI=1S/C25H36NO4P/c1-2-3-4-5-6-8-11-22-14-16-23(17-15-22)18-19-25(26)20-28-31(27,29-21-25)30-24-12-9-7-10-13-24/h7,9-10,12-17H,2-6,8,11,18-21,26H2,1H3. The summed E-state index contributed by atoms with van der Waals surface area (Å²) in [6.45, 7) is 2.54. The molecule has 1 aliphatic heterocycles. The molecular formula is C25H36NO4P. The molecule has 3 rings (SSSR count). The van der Waals surface area contributed by atoms with Crippen molar-refractivity contribution in [3.63, 3.8) is 0 Å². The van der Waals surface area contributed by atoms with Crippen LogP contribution in [0.4, 0.5) is 0 Å². The van der Waals surface area contributed by atoms with Crippen LogP contribution >= 0.6 is 7.82 Å². The summed E-state index contributed by atoms with van der Waals surface area (Å²) in [6, 6.07) is 17.7. The van der Waals surface area contributed by atoms with Crippen LogP contribution in [0.2, 0.25) is 0 Å². The van der Waals surface area contributed by atoms with Crippen LogP contribution in [0.15, 0.2) is 54.6 Å². The normalized spacial score (nSPS) is 23.5. The Labute approximate surface area is 186 Å². The maximum Gasteiger partial charge on any atom is 0.530 e. The minimum atomic E-state index is -3.62. The number of unbranched alkanes of at least 4 members (excludes halogenated alkanes) is 5. The van der Waals surface area contributed by atoms with Crippen molar-refractivity contribution in [1.82, 2.24) is 0 Å². The molecule has 1 saturated heterocycles. The molecule has 0 spiro atoms. The molecule has 31 heavy (non-hydrogen) atoms. The highest BCUT2D eigenvalue weighted by Gasteiger charge is 2.42. The highest BCUT2D eigenvalue weighted by molar-refractivity contribution is 7.49. The van der Waals surface area contributed by atoms with Crippen molar-refractivity contribution in [2.45, 2.75) is 70.3 Å². The summed E-state index contributed by atoms with van der Waals surface area (Å²) >= 11 is 0. The summed E-state index contributed by atoms with van der Waals surface area (Å²) in [5, 5.41) is 0. The molecular weight excluding hydrogens is 409 g/mol. The van der Waals surface area contributed by atoms with Crippen LogP contribution in [0.25, 0.3) is 0 Å². The first-order valence-corrected chi connectivity index (χ1v) is 13.0. The van der Waals surface area contributed by atoms with Crippen molar-refractivity contribution in [2.75, 3.05) is 13.2 Å².